The third-order valence-corrected chi connectivity index (χ3v) is 10.9. The Kier molecular flexibility index (Phi) is 5.98. The van der Waals surface area contributed by atoms with Gasteiger partial charge in [0.1, 0.15) is 0 Å². The summed E-state index contributed by atoms with van der Waals surface area (Å²) in [6, 6.07) is 0.492. The zero-order chi connectivity index (χ0) is 20.1. The molecule has 162 valence electrons. The molecule has 0 radical (unpaired) electrons. The average molecular weight is 388 g/mol. The van der Waals surface area contributed by atoms with Gasteiger partial charge in [0.05, 0.1) is 0 Å². The quantitative estimate of drug-likeness (QED) is 0.521. The maximum atomic E-state index is 6.39. The smallest absolute Gasteiger partial charge is 0.00418 e. The van der Waals surface area contributed by atoms with Crippen molar-refractivity contribution >= 4 is 0 Å². The molecule has 0 amide bonds. The lowest BCUT2D eigenvalue weighted by Crippen LogP contribution is -2.54. The van der Waals surface area contributed by atoms with Crippen LogP contribution in [-0.4, -0.2) is 6.04 Å². The molecule has 1 heteroatoms. The van der Waals surface area contributed by atoms with Crippen molar-refractivity contribution in [1.29, 1.82) is 0 Å². The first kappa shape index (κ1) is 21.2. The van der Waals surface area contributed by atoms with Gasteiger partial charge in [-0.15, -0.1) is 0 Å². The standard InChI is InChI=1S/C27H49N/c1-18(2)7-6-8-19(3)23-11-12-24-22-10-9-20-17-21(28)13-15-26(20,4)25(22)14-16-27(23,24)5/h18-25H,6-17,28H2,1-5H3/t19?,20?,21-,22?,23+,24?,25?,26-,27+/m0/s1. The van der Waals surface area contributed by atoms with Crippen molar-refractivity contribution in [1.82, 2.24) is 0 Å². The molecule has 1 nitrogen and oxygen atoms in total. The van der Waals surface area contributed by atoms with Gasteiger partial charge >= 0.3 is 0 Å². The Balaban J connectivity index is 1.46. The first-order valence-corrected chi connectivity index (χ1v) is 13.0. The number of hydrogen-bond acceptors (Lipinski definition) is 1. The summed E-state index contributed by atoms with van der Waals surface area (Å²) in [5.41, 5.74) is 7.64. The lowest BCUT2D eigenvalue weighted by molar-refractivity contribution is -0.116. The van der Waals surface area contributed by atoms with Gasteiger partial charge < -0.3 is 5.73 Å². The summed E-state index contributed by atoms with van der Waals surface area (Å²) in [5, 5.41) is 0. The van der Waals surface area contributed by atoms with Crippen LogP contribution in [0.3, 0.4) is 0 Å². The van der Waals surface area contributed by atoms with Crippen molar-refractivity contribution < 1.29 is 0 Å². The fraction of sp³-hybridized carbons (Fsp3) is 1.00. The summed E-state index contributed by atoms with van der Waals surface area (Å²) in [7, 11) is 0. The fourth-order valence-electron chi connectivity index (χ4n) is 9.32. The van der Waals surface area contributed by atoms with Crippen LogP contribution in [-0.2, 0) is 0 Å². The molecule has 4 aliphatic rings. The molecule has 0 aromatic rings. The number of hydrogen-bond donors (Lipinski definition) is 1. The lowest BCUT2D eigenvalue weighted by Gasteiger charge is -2.61. The van der Waals surface area contributed by atoms with E-state index in [9.17, 15) is 0 Å². The molecule has 4 fully saturated rings. The van der Waals surface area contributed by atoms with E-state index in [4.69, 9.17) is 5.73 Å². The molecule has 5 unspecified atom stereocenters. The minimum Gasteiger partial charge on any atom is -0.328 e. The van der Waals surface area contributed by atoms with Crippen LogP contribution < -0.4 is 5.73 Å². The molecule has 0 bridgehead atoms. The molecule has 0 aromatic heterocycles. The van der Waals surface area contributed by atoms with Gasteiger partial charge in [-0.1, -0.05) is 53.9 Å². The minimum absolute atomic E-state index is 0.492. The van der Waals surface area contributed by atoms with Crippen LogP contribution in [0.2, 0.25) is 0 Å². The zero-order valence-corrected chi connectivity index (χ0v) is 19.7. The molecule has 28 heavy (non-hydrogen) atoms. The molecule has 0 aliphatic heterocycles. The molecule has 4 saturated carbocycles. The van der Waals surface area contributed by atoms with E-state index < -0.39 is 0 Å². The van der Waals surface area contributed by atoms with Crippen LogP contribution in [0.5, 0.6) is 0 Å². The highest BCUT2D eigenvalue weighted by atomic mass is 14.7. The lowest BCUT2D eigenvalue weighted by atomic mass is 9.44. The van der Waals surface area contributed by atoms with Crippen molar-refractivity contribution in [3.05, 3.63) is 0 Å². The van der Waals surface area contributed by atoms with E-state index in [1.54, 1.807) is 0 Å². The van der Waals surface area contributed by atoms with E-state index in [2.05, 4.69) is 34.6 Å². The summed E-state index contributed by atoms with van der Waals surface area (Å²) in [6.07, 6.45) is 17.5. The van der Waals surface area contributed by atoms with Crippen molar-refractivity contribution in [2.45, 2.75) is 118 Å². The monoisotopic (exact) mass is 387 g/mol. The maximum absolute atomic E-state index is 6.39. The number of fused-ring (bicyclic) bond motifs is 5. The third kappa shape index (κ3) is 3.50. The van der Waals surface area contributed by atoms with Gasteiger partial charge in [-0.05, 0) is 110 Å². The average Bonchev–Trinajstić information content (AvgIpc) is 2.99. The molecule has 0 saturated heterocycles. The largest absolute Gasteiger partial charge is 0.328 e. The Morgan fingerprint density at radius 3 is 2.29 bits per heavy atom. The summed E-state index contributed by atoms with van der Waals surface area (Å²) < 4.78 is 0. The molecule has 4 rings (SSSR count). The predicted molar refractivity (Wildman–Crippen MR) is 121 cm³/mol. The second kappa shape index (κ2) is 7.90. The fourth-order valence-corrected chi connectivity index (χ4v) is 9.32. The Bertz CT molecular complexity index is 540. The Morgan fingerprint density at radius 1 is 0.821 bits per heavy atom. The van der Waals surface area contributed by atoms with Gasteiger partial charge in [0.15, 0.2) is 0 Å². The van der Waals surface area contributed by atoms with Crippen LogP contribution >= 0.6 is 0 Å². The molecular weight excluding hydrogens is 338 g/mol. The first-order chi connectivity index (χ1) is 13.3. The van der Waals surface area contributed by atoms with Gasteiger partial charge in [0, 0.05) is 6.04 Å². The van der Waals surface area contributed by atoms with Crippen molar-refractivity contribution in [2.75, 3.05) is 0 Å². The van der Waals surface area contributed by atoms with Gasteiger partial charge in [-0.25, -0.2) is 0 Å². The Morgan fingerprint density at radius 2 is 1.54 bits per heavy atom. The molecule has 9 atom stereocenters. The number of rotatable bonds is 5. The Labute approximate surface area is 176 Å². The van der Waals surface area contributed by atoms with Crippen molar-refractivity contribution in [3.63, 3.8) is 0 Å². The Hall–Kier alpha value is -0.0400. The molecule has 0 aromatic carbocycles. The minimum atomic E-state index is 0.492. The number of nitrogens with two attached hydrogens (primary N) is 1. The van der Waals surface area contributed by atoms with Crippen LogP contribution in [0.25, 0.3) is 0 Å². The van der Waals surface area contributed by atoms with Crippen LogP contribution in [0.1, 0.15) is 112 Å². The molecular formula is C27H49N. The SMILES string of the molecule is CC(C)CCCC(C)[C@H]1CCC2C3CCC4C[C@@H](N)CC[C@]4(C)C3CC[C@@]21C. The maximum Gasteiger partial charge on any atom is 0.00418 e. The normalized spacial score (nSPS) is 49.4. The highest BCUT2D eigenvalue weighted by Crippen LogP contribution is 2.68. The van der Waals surface area contributed by atoms with Crippen molar-refractivity contribution in [2.24, 2.45) is 58.0 Å². The second-order valence-corrected chi connectivity index (χ2v) is 12.7. The van der Waals surface area contributed by atoms with Crippen LogP contribution in [0.15, 0.2) is 0 Å². The van der Waals surface area contributed by atoms with Gasteiger partial charge in [-0.3, -0.25) is 0 Å². The highest BCUT2D eigenvalue weighted by Gasteiger charge is 2.60. The summed E-state index contributed by atoms with van der Waals surface area (Å²) in [5.74, 6) is 6.79. The van der Waals surface area contributed by atoms with Crippen molar-refractivity contribution in [3.8, 4) is 0 Å². The molecule has 4 aliphatic carbocycles. The van der Waals surface area contributed by atoms with E-state index in [0.29, 0.717) is 16.9 Å². The van der Waals surface area contributed by atoms with Crippen LogP contribution in [0, 0.1) is 52.3 Å². The molecule has 0 heterocycles. The van der Waals surface area contributed by atoms with Gasteiger partial charge in [0.25, 0.3) is 0 Å². The van der Waals surface area contributed by atoms with E-state index in [-0.39, 0.29) is 0 Å². The van der Waals surface area contributed by atoms with Gasteiger partial charge in [-0.2, -0.15) is 0 Å². The molecule has 2 N–H and O–H groups in total. The third-order valence-electron chi connectivity index (χ3n) is 10.9. The van der Waals surface area contributed by atoms with Crippen LogP contribution in [0.4, 0.5) is 0 Å². The summed E-state index contributed by atoms with van der Waals surface area (Å²) >= 11 is 0. The van der Waals surface area contributed by atoms with E-state index >= 15 is 0 Å². The molecule has 0 spiro atoms. The highest BCUT2D eigenvalue weighted by molar-refractivity contribution is 5.09. The topological polar surface area (TPSA) is 26.0 Å². The van der Waals surface area contributed by atoms with E-state index in [0.717, 1.165) is 41.4 Å². The summed E-state index contributed by atoms with van der Waals surface area (Å²) in [6.45, 7) is 12.8. The van der Waals surface area contributed by atoms with E-state index in [1.807, 2.05) is 0 Å². The zero-order valence-electron chi connectivity index (χ0n) is 19.7. The second-order valence-electron chi connectivity index (χ2n) is 12.7. The summed E-state index contributed by atoms with van der Waals surface area (Å²) in [4.78, 5) is 0. The first-order valence-electron chi connectivity index (χ1n) is 13.0. The predicted octanol–water partition coefficient (Wildman–Crippen LogP) is 7.44. The van der Waals surface area contributed by atoms with Gasteiger partial charge in [0.2, 0.25) is 0 Å². The van der Waals surface area contributed by atoms with E-state index in [1.165, 1.54) is 77.0 Å².